The van der Waals surface area contributed by atoms with Crippen molar-refractivity contribution in [3.63, 3.8) is 0 Å². The second-order valence-electron chi connectivity index (χ2n) is 5.54. The Hall–Kier alpha value is -2.89. The third-order valence-electron chi connectivity index (χ3n) is 3.95. The molecule has 0 fully saturated rings. The molecule has 3 rings (SSSR count). The summed E-state index contributed by atoms with van der Waals surface area (Å²) in [4.78, 5) is 15.1. The Morgan fingerprint density at radius 2 is 2.12 bits per heavy atom. The predicted octanol–water partition coefficient (Wildman–Crippen LogP) is 2.73. The lowest BCUT2D eigenvalue weighted by molar-refractivity contribution is -0.136. The molecule has 0 saturated heterocycles. The Bertz CT molecular complexity index is 1190. The van der Waals surface area contributed by atoms with E-state index in [1.807, 2.05) is 6.07 Å². The summed E-state index contributed by atoms with van der Waals surface area (Å²) in [5.74, 6) is -1.09. The molecule has 0 aliphatic rings. The number of pyridine rings is 1. The predicted molar refractivity (Wildman–Crippen MR) is 94.6 cm³/mol. The van der Waals surface area contributed by atoms with Crippen molar-refractivity contribution in [2.24, 2.45) is 0 Å². The van der Waals surface area contributed by atoms with Crippen LogP contribution in [-0.2, 0) is 21.2 Å². The van der Waals surface area contributed by atoms with Crippen molar-refractivity contribution in [1.29, 1.82) is 5.26 Å². The van der Waals surface area contributed by atoms with Gasteiger partial charge in [-0.2, -0.15) is 5.26 Å². The summed E-state index contributed by atoms with van der Waals surface area (Å²) in [7, 11) is -4.20. The molecular formula is C17H12ClN3O4S. The summed E-state index contributed by atoms with van der Waals surface area (Å²) < 4.78 is 27.5. The normalized spacial score (nSPS) is 11.4. The lowest BCUT2D eigenvalue weighted by Gasteiger charge is -2.11. The van der Waals surface area contributed by atoms with Crippen molar-refractivity contribution in [1.82, 2.24) is 8.96 Å². The van der Waals surface area contributed by atoms with E-state index in [4.69, 9.17) is 22.0 Å². The average Bonchev–Trinajstić information content (AvgIpc) is 2.87. The monoisotopic (exact) mass is 389 g/mol. The SMILES string of the molecule is Cc1c(CC(=O)O)c2cccnc2n1S(=O)(=O)c1cc(C#N)ccc1Cl. The smallest absolute Gasteiger partial charge is 0.307 e. The number of aliphatic carboxylic acids is 1. The molecule has 0 bridgehead atoms. The number of nitrogens with zero attached hydrogens (tertiary/aromatic N) is 3. The second-order valence-corrected chi connectivity index (χ2v) is 7.70. The van der Waals surface area contributed by atoms with E-state index < -0.39 is 16.0 Å². The van der Waals surface area contributed by atoms with E-state index in [9.17, 15) is 13.2 Å². The van der Waals surface area contributed by atoms with Gasteiger partial charge in [0.2, 0.25) is 0 Å². The van der Waals surface area contributed by atoms with Crippen LogP contribution in [0.25, 0.3) is 11.0 Å². The number of rotatable bonds is 4. The topological polar surface area (TPSA) is 113 Å². The van der Waals surface area contributed by atoms with Crippen LogP contribution in [-0.4, -0.2) is 28.5 Å². The summed E-state index contributed by atoms with van der Waals surface area (Å²) in [6, 6.07) is 9.03. The molecule has 1 N–H and O–H groups in total. The zero-order valence-electron chi connectivity index (χ0n) is 13.5. The number of carbonyl (C=O) groups is 1. The zero-order valence-corrected chi connectivity index (χ0v) is 15.0. The first kappa shape index (κ1) is 17.9. The van der Waals surface area contributed by atoms with Crippen molar-refractivity contribution in [2.75, 3.05) is 0 Å². The number of nitriles is 1. The van der Waals surface area contributed by atoms with Gasteiger partial charge >= 0.3 is 5.97 Å². The van der Waals surface area contributed by atoms with E-state index in [-0.39, 0.29) is 33.2 Å². The number of benzene rings is 1. The average molecular weight is 390 g/mol. The second kappa shape index (κ2) is 6.44. The summed E-state index contributed by atoms with van der Waals surface area (Å²) in [6.45, 7) is 1.51. The highest BCUT2D eigenvalue weighted by Crippen LogP contribution is 2.32. The van der Waals surface area contributed by atoms with Gasteiger partial charge < -0.3 is 5.11 Å². The third kappa shape index (κ3) is 2.81. The molecule has 0 aliphatic heterocycles. The lowest BCUT2D eigenvalue weighted by Crippen LogP contribution is -2.16. The van der Waals surface area contributed by atoms with Crippen molar-refractivity contribution in [3.05, 3.63) is 58.4 Å². The van der Waals surface area contributed by atoms with E-state index >= 15 is 0 Å². The van der Waals surface area contributed by atoms with Crippen LogP contribution >= 0.6 is 11.6 Å². The van der Waals surface area contributed by atoms with Gasteiger partial charge in [-0.25, -0.2) is 17.4 Å². The van der Waals surface area contributed by atoms with Gasteiger partial charge in [0.1, 0.15) is 4.90 Å². The molecule has 7 nitrogen and oxygen atoms in total. The van der Waals surface area contributed by atoms with Crippen LogP contribution in [0.5, 0.6) is 0 Å². The molecule has 9 heteroatoms. The first-order valence-corrected chi connectivity index (χ1v) is 9.21. The van der Waals surface area contributed by atoms with Crippen molar-refractivity contribution in [2.45, 2.75) is 18.2 Å². The fraction of sp³-hybridized carbons (Fsp3) is 0.118. The molecule has 1 aromatic carbocycles. The van der Waals surface area contributed by atoms with Gasteiger partial charge in [0.15, 0.2) is 5.65 Å². The van der Waals surface area contributed by atoms with Crippen molar-refractivity contribution in [3.8, 4) is 6.07 Å². The van der Waals surface area contributed by atoms with Crippen LogP contribution < -0.4 is 0 Å². The van der Waals surface area contributed by atoms with Gasteiger partial charge in [0.25, 0.3) is 10.0 Å². The molecule has 0 spiro atoms. The molecule has 3 aromatic rings. The highest BCUT2D eigenvalue weighted by Gasteiger charge is 2.28. The van der Waals surface area contributed by atoms with Gasteiger partial charge in [0, 0.05) is 17.3 Å². The molecule has 0 amide bonds. The summed E-state index contributed by atoms with van der Waals surface area (Å²) >= 11 is 6.07. The minimum Gasteiger partial charge on any atom is -0.481 e. The van der Waals surface area contributed by atoms with Gasteiger partial charge in [-0.1, -0.05) is 11.6 Å². The summed E-state index contributed by atoms with van der Waals surface area (Å²) in [5, 5.41) is 18.6. The Kier molecular flexibility index (Phi) is 4.44. The van der Waals surface area contributed by atoms with Gasteiger partial charge in [-0.15, -0.1) is 0 Å². The first-order chi connectivity index (χ1) is 12.3. The van der Waals surface area contributed by atoms with Crippen LogP contribution in [0, 0.1) is 18.3 Å². The molecule has 0 unspecified atom stereocenters. The van der Waals surface area contributed by atoms with E-state index in [0.717, 1.165) is 3.97 Å². The highest BCUT2D eigenvalue weighted by molar-refractivity contribution is 7.90. The lowest BCUT2D eigenvalue weighted by atomic mass is 10.1. The molecular weight excluding hydrogens is 378 g/mol. The van der Waals surface area contributed by atoms with Crippen molar-refractivity contribution >= 4 is 38.6 Å². The van der Waals surface area contributed by atoms with Crippen LogP contribution in [0.15, 0.2) is 41.4 Å². The number of hydrogen-bond donors (Lipinski definition) is 1. The molecule has 0 radical (unpaired) electrons. The number of hydrogen-bond acceptors (Lipinski definition) is 5. The zero-order chi connectivity index (χ0) is 19.1. The highest BCUT2D eigenvalue weighted by atomic mass is 35.5. The van der Waals surface area contributed by atoms with E-state index in [1.54, 1.807) is 12.1 Å². The van der Waals surface area contributed by atoms with Gasteiger partial charge in [-0.05, 0) is 42.8 Å². The molecule has 0 aliphatic carbocycles. The molecule has 0 atom stereocenters. The Labute approximate surface area is 154 Å². The number of aromatic nitrogens is 2. The Balaban J connectivity index is 2.37. The van der Waals surface area contributed by atoms with Gasteiger partial charge in [0.05, 0.1) is 23.1 Å². The first-order valence-electron chi connectivity index (χ1n) is 7.39. The van der Waals surface area contributed by atoms with Crippen molar-refractivity contribution < 1.29 is 18.3 Å². The number of carboxylic acid groups (broad SMARTS) is 1. The third-order valence-corrected chi connectivity index (χ3v) is 6.21. The maximum absolute atomic E-state index is 13.2. The van der Waals surface area contributed by atoms with Crippen LogP contribution in [0.1, 0.15) is 16.8 Å². The maximum atomic E-state index is 13.2. The molecule has 26 heavy (non-hydrogen) atoms. The number of halogens is 1. The number of carboxylic acids is 1. The minimum atomic E-state index is -4.20. The van der Waals surface area contributed by atoms with E-state index in [0.29, 0.717) is 10.9 Å². The van der Waals surface area contributed by atoms with E-state index in [1.165, 1.54) is 31.3 Å². The summed E-state index contributed by atoms with van der Waals surface area (Å²) in [6.07, 6.45) is 1.08. The van der Waals surface area contributed by atoms with Crippen LogP contribution in [0.2, 0.25) is 5.02 Å². The molecule has 2 aromatic heterocycles. The fourth-order valence-electron chi connectivity index (χ4n) is 2.81. The summed E-state index contributed by atoms with van der Waals surface area (Å²) in [5.41, 5.74) is 0.844. The molecule has 2 heterocycles. The Morgan fingerprint density at radius 1 is 1.38 bits per heavy atom. The van der Waals surface area contributed by atoms with E-state index in [2.05, 4.69) is 4.98 Å². The molecule has 132 valence electrons. The molecule has 0 saturated carbocycles. The van der Waals surface area contributed by atoms with Crippen LogP contribution in [0.3, 0.4) is 0 Å². The van der Waals surface area contributed by atoms with Crippen LogP contribution in [0.4, 0.5) is 0 Å². The van der Waals surface area contributed by atoms with Gasteiger partial charge in [-0.3, -0.25) is 4.79 Å². The maximum Gasteiger partial charge on any atom is 0.307 e. The Morgan fingerprint density at radius 3 is 2.77 bits per heavy atom. The number of fused-ring (bicyclic) bond motifs is 1. The standard InChI is InChI=1S/C17H12ClN3O4S/c1-10-13(8-16(22)23)12-3-2-6-20-17(12)21(10)26(24,25)15-7-11(9-19)4-5-14(15)18/h2-7H,8H2,1H3,(H,22,23). The quantitative estimate of drug-likeness (QED) is 0.733. The minimum absolute atomic E-state index is 0.0408. The largest absolute Gasteiger partial charge is 0.481 e. The fourth-order valence-corrected chi connectivity index (χ4v) is 4.85.